The molecule has 2 heterocycles. The topological polar surface area (TPSA) is 45.8 Å². The Morgan fingerprint density at radius 2 is 1.50 bits per heavy atom. The molecule has 24 heavy (non-hydrogen) atoms. The van der Waals surface area contributed by atoms with Crippen molar-refractivity contribution in [3.63, 3.8) is 0 Å². The maximum Gasteiger partial charge on any atom is 0.221 e. The molecular weight excluding hydrogens is 316 g/mol. The molecule has 4 heteroatoms. The highest BCUT2D eigenvalue weighted by Gasteiger charge is 2.22. The predicted octanol–water partition coefficient (Wildman–Crippen LogP) is 5.04. The Hall–Kier alpha value is -2.98. The van der Waals surface area contributed by atoms with Gasteiger partial charge in [-0.05, 0) is 17.0 Å². The summed E-state index contributed by atoms with van der Waals surface area (Å²) in [6.07, 6.45) is 0. The summed E-state index contributed by atoms with van der Waals surface area (Å²) in [5, 5.41) is 9.33. The smallest absolute Gasteiger partial charge is 0.221 e. The third kappa shape index (κ3) is 2.57. The fourth-order valence-corrected chi connectivity index (χ4v) is 3.40. The highest BCUT2D eigenvalue weighted by Crippen LogP contribution is 2.34. The summed E-state index contributed by atoms with van der Waals surface area (Å²) in [5.41, 5.74) is 4.13. The summed E-state index contributed by atoms with van der Waals surface area (Å²) < 4.78 is 0. The van der Waals surface area contributed by atoms with Crippen LogP contribution in [0.2, 0.25) is 0 Å². The number of nitrogens with zero attached hydrogens (tertiary/aromatic N) is 1. The normalized spacial score (nSPS) is 10.7. The lowest BCUT2D eigenvalue weighted by Gasteiger charge is -2.05. The zero-order chi connectivity index (χ0) is 16.4. The van der Waals surface area contributed by atoms with E-state index in [2.05, 4.69) is 10.2 Å². The minimum atomic E-state index is -0.0291. The number of rotatable bonds is 4. The Bertz CT molecular complexity index is 958. The van der Waals surface area contributed by atoms with Gasteiger partial charge < -0.3 is 0 Å². The molecule has 4 aromatic rings. The second-order valence-electron chi connectivity index (χ2n) is 5.36. The lowest BCUT2D eigenvalue weighted by molar-refractivity contribution is 0.103. The summed E-state index contributed by atoms with van der Waals surface area (Å²) in [6.45, 7) is 0. The van der Waals surface area contributed by atoms with Gasteiger partial charge in [0.15, 0.2) is 0 Å². The molecule has 2 aromatic heterocycles. The molecule has 0 bridgehead atoms. The molecule has 3 nitrogen and oxygen atoms in total. The third-order valence-corrected chi connectivity index (χ3v) is 4.72. The standard InChI is InChI=1S/C20H14N2OS/c23-20(16-12-7-13-24-16)19-17(14-8-3-1-4-9-14)18(21-22-19)15-10-5-2-6-11-15/h1-13H,(H,21,22). The number of ketones is 1. The number of nitrogens with one attached hydrogen (secondary N) is 1. The molecule has 2 aromatic carbocycles. The lowest BCUT2D eigenvalue weighted by Crippen LogP contribution is -2.01. The number of thiophene rings is 1. The van der Waals surface area contributed by atoms with Crippen molar-refractivity contribution in [1.29, 1.82) is 0 Å². The molecule has 0 atom stereocenters. The number of carbonyl (C=O) groups excluding carboxylic acids is 1. The van der Waals surface area contributed by atoms with Gasteiger partial charge in [0.25, 0.3) is 0 Å². The van der Waals surface area contributed by atoms with Gasteiger partial charge in [0, 0.05) is 11.1 Å². The molecule has 0 aliphatic carbocycles. The van der Waals surface area contributed by atoms with Gasteiger partial charge in [0.05, 0.1) is 4.88 Å². The zero-order valence-electron chi connectivity index (χ0n) is 12.8. The fourth-order valence-electron chi connectivity index (χ4n) is 2.73. The van der Waals surface area contributed by atoms with Crippen LogP contribution in [0, 0.1) is 0 Å². The maximum atomic E-state index is 12.9. The number of benzene rings is 2. The fraction of sp³-hybridized carbons (Fsp3) is 0. The molecule has 0 aliphatic heterocycles. The number of aromatic amines is 1. The number of hydrogen-bond donors (Lipinski definition) is 1. The van der Waals surface area contributed by atoms with Crippen LogP contribution in [0.25, 0.3) is 22.4 Å². The Morgan fingerprint density at radius 1 is 0.833 bits per heavy atom. The molecule has 0 aliphatic rings. The van der Waals surface area contributed by atoms with Crippen molar-refractivity contribution in [2.45, 2.75) is 0 Å². The van der Waals surface area contributed by atoms with E-state index < -0.39 is 0 Å². The average Bonchev–Trinajstić information content (AvgIpc) is 3.32. The van der Waals surface area contributed by atoms with Gasteiger partial charge in [-0.25, -0.2) is 0 Å². The van der Waals surface area contributed by atoms with Crippen LogP contribution in [-0.2, 0) is 0 Å². The second kappa shape index (κ2) is 6.26. The van der Waals surface area contributed by atoms with Crippen LogP contribution in [0.1, 0.15) is 15.4 Å². The highest BCUT2D eigenvalue weighted by molar-refractivity contribution is 7.12. The first-order valence-corrected chi connectivity index (χ1v) is 8.50. The van der Waals surface area contributed by atoms with Crippen LogP contribution in [-0.4, -0.2) is 16.0 Å². The van der Waals surface area contributed by atoms with E-state index in [-0.39, 0.29) is 5.78 Å². The van der Waals surface area contributed by atoms with Crippen LogP contribution >= 0.6 is 11.3 Å². The van der Waals surface area contributed by atoms with Crippen LogP contribution in [0.15, 0.2) is 78.2 Å². The largest absolute Gasteiger partial charge is 0.286 e. The van der Waals surface area contributed by atoms with Crippen molar-refractivity contribution in [2.24, 2.45) is 0 Å². The number of H-pyrrole nitrogens is 1. The van der Waals surface area contributed by atoms with Gasteiger partial charge in [-0.15, -0.1) is 11.3 Å². The second-order valence-corrected chi connectivity index (χ2v) is 6.31. The average molecular weight is 330 g/mol. The van der Waals surface area contributed by atoms with E-state index in [1.807, 2.05) is 78.2 Å². The maximum absolute atomic E-state index is 12.9. The molecule has 4 rings (SSSR count). The zero-order valence-corrected chi connectivity index (χ0v) is 13.6. The van der Waals surface area contributed by atoms with E-state index in [1.54, 1.807) is 0 Å². The summed E-state index contributed by atoms with van der Waals surface area (Å²) in [5.74, 6) is -0.0291. The van der Waals surface area contributed by atoms with Gasteiger partial charge in [-0.1, -0.05) is 66.7 Å². The van der Waals surface area contributed by atoms with Gasteiger partial charge in [-0.3, -0.25) is 9.89 Å². The molecular formula is C20H14N2OS. The van der Waals surface area contributed by atoms with E-state index in [0.717, 1.165) is 22.4 Å². The van der Waals surface area contributed by atoms with Crippen molar-refractivity contribution in [1.82, 2.24) is 10.2 Å². The van der Waals surface area contributed by atoms with Crippen LogP contribution < -0.4 is 0 Å². The minimum absolute atomic E-state index is 0.0291. The summed E-state index contributed by atoms with van der Waals surface area (Å²) in [4.78, 5) is 13.6. The summed E-state index contributed by atoms with van der Waals surface area (Å²) in [6, 6.07) is 23.5. The van der Waals surface area contributed by atoms with E-state index in [9.17, 15) is 4.79 Å². The first-order valence-electron chi connectivity index (χ1n) is 7.62. The Kier molecular flexibility index (Phi) is 3.81. The van der Waals surface area contributed by atoms with Gasteiger partial charge in [0.1, 0.15) is 11.4 Å². The van der Waals surface area contributed by atoms with Crippen molar-refractivity contribution in [3.8, 4) is 22.4 Å². The van der Waals surface area contributed by atoms with Crippen molar-refractivity contribution in [3.05, 3.63) is 88.7 Å². The molecule has 0 fully saturated rings. The molecule has 0 amide bonds. The van der Waals surface area contributed by atoms with Crippen molar-refractivity contribution >= 4 is 17.1 Å². The quantitative estimate of drug-likeness (QED) is 0.533. The minimum Gasteiger partial charge on any atom is -0.286 e. The van der Waals surface area contributed by atoms with Gasteiger partial charge in [-0.2, -0.15) is 5.10 Å². The van der Waals surface area contributed by atoms with E-state index in [0.29, 0.717) is 10.6 Å². The number of carbonyl (C=O) groups is 1. The highest BCUT2D eigenvalue weighted by atomic mass is 32.1. The number of aromatic nitrogens is 2. The predicted molar refractivity (Wildman–Crippen MR) is 97.2 cm³/mol. The van der Waals surface area contributed by atoms with E-state index in [1.165, 1.54) is 11.3 Å². The van der Waals surface area contributed by atoms with Crippen LogP contribution in [0.5, 0.6) is 0 Å². The monoisotopic (exact) mass is 330 g/mol. The molecule has 0 spiro atoms. The first-order chi connectivity index (χ1) is 11.8. The summed E-state index contributed by atoms with van der Waals surface area (Å²) >= 11 is 1.44. The van der Waals surface area contributed by atoms with Gasteiger partial charge >= 0.3 is 0 Å². The first kappa shape index (κ1) is 14.6. The van der Waals surface area contributed by atoms with E-state index in [4.69, 9.17) is 0 Å². The Labute approximate surface area is 143 Å². The van der Waals surface area contributed by atoms with Crippen LogP contribution in [0.3, 0.4) is 0 Å². The third-order valence-electron chi connectivity index (χ3n) is 3.85. The molecule has 0 saturated carbocycles. The molecule has 0 unspecified atom stereocenters. The molecule has 1 N–H and O–H groups in total. The van der Waals surface area contributed by atoms with Gasteiger partial charge in [0.2, 0.25) is 5.78 Å². The number of hydrogen-bond acceptors (Lipinski definition) is 3. The summed E-state index contributed by atoms with van der Waals surface area (Å²) in [7, 11) is 0. The Morgan fingerprint density at radius 3 is 2.12 bits per heavy atom. The molecule has 0 saturated heterocycles. The van der Waals surface area contributed by atoms with Crippen molar-refractivity contribution in [2.75, 3.05) is 0 Å². The van der Waals surface area contributed by atoms with Crippen LogP contribution in [0.4, 0.5) is 0 Å². The molecule has 116 valence electrons. The van der Waals surface area contributed by atoms with Crippen molar-refractivity contribution < 1.29 is 4.79 Å². The SMILES string of the molecule is O=C(c1cccs1)c1[nH]nc(-c2ccccc2)c1-c1ccccc1. The lowest BCUT2D eigenvalue weighted by atomic mass is 9.97. The van der Waals surface area contributed by atoms with E-state index >= 15 is 0 Å². The Balaban J connectivity index is 1.92. The molecule has 0 radical (unpaired) electrons.